The number of ketones is 1. The third-order valence-corrected chi connectivity index (χ3v) is 4.59. The first-order chi connectivity index (χ1) is 14.0. The molecule has 144 valence electrons. The van der Waals surface area contributed by atoms with Gasteiger partial charge in [0.05, 0.1) is 5.39 Å². The fourth-order valence-corrected chi connectivity index (χ4v) is 3.01. The van der Waals surface area contributed by atoms with Crippen LogP contribution in [-0.2, 0) is 0 Å². The Labute approximate surface area is 171 Å². The largest absolute Gasteiger partial charge is 0.355 e. The molecule has 2 aromatic heterocycles. The molecule has 2 aromatic carbocycles. The molecule has 0 spiro atoms. The smallest absolute Gasteiger partial charge is 0.251 e. The Balaban J connectivity index is 1.73. The summed E-state index contributed by atoms with van der Waals surface area (Å²) in [4.78, 5) is 36.5. The van der Waals surface area contributed by atoms with E-state index in [0.29, 0.717) is 33.3 Å². The first-order valence-electron chi connectivity index (χ1n) is 8.80. The number of aromatic amines is 1. The second-order valence-corrected chi connectivity index (χ2v) is 6.69. The molecule has 1 amide bonds. The van der Waals surface area contributed by atoms with Crippen LogP contribution >= 0.6 is 11.6 Å². The van der Waals surface area contributed by atoms with Crippen molar-refractivity contribution in [3.8, 4) is 0 Å². The Hall–Kier alpha value is -3.71. The van der Waals surface area contributed by atoms with Gasteiger partial charge in [-0.05, 0) is 48.5 Å². The second-order valence-electron chi connectivity index (χ2n) is 6.26. The van der Waals surface area contributed by atoms with Crippen LogP contribution in [0.2, 0.25) is 5.02 Å². The van der Waals surface area contributed by atoms with E-state index >= 15 is 0 Å². The number of nitrogens with one attached hydrogen (secondary N) is 3. The number of hydrogen-bond acceptors (Lipinski definition) is 5. The minimum atomic E-state index is -0.319. The maximum absolute atomic E-state index is 12.8. The summed E-state index contributed by atoms with van der Waals surface area (Å²) in [5.74, 6) is -0.00286. The van der Waals surface area contributed by atoms with Crippen molar-refractivity contribution < 1.29 is 9.59 Å². The van der Waals surface area contributed by atoms with Gasteiger partial charge in [0.25, 0.3) is 5.91 Å². The van der Waals surface area contributed by atoms with Crippen LogP contribution < -0.4 is 10.6 Å². The molecule has 0 aliphatic heterocycles. The van der Waals surface area contributed by atoms with Gasteiger partial charge in [0.1, 0.15) is 11.5 Å². The lowest BCUT2D eigenvalue weighted by Gasteiger charge is -2.10. The summed E-state index contributed by atoms with van der Waals surface area (Å²) in [7, 11) is 1.57. The minimum Gasteiger partial charge on any atom is -0.355 e. The zero-order chi connectivity index (χ0) is 20.4. The number of H-pyrrole nitrogens is 1. The van der Waals surface area contributed by atoms with Crippen LogP contribution in [0, 0.1) is 0 Å². The number of benzene rings is 2. The molecule has 7 nitrogen and oxygen atoms in total. The van der Waals surface area contributed by atoms with Crippen LogP contribution in [0.3, 0.4) is 0 Å². The molecule has 0 saturated carbocycles. The van der Waals surface area contributed by atoms with Gasteiger partial charge in [-0.15, -0.1) is 0 Å². The molecule has 3 N–H and O–H groups in total. The number of nitrogens with zero attached hydrogens (tertiary/aromatic N) is 2. The van der Waals surface area contributed by atoms with E-state index in [4.69, 9.17) is 11.6 Å². The molecule has 8 heteroatoms. The lowest BCUT2D eigenvalue weighted by molar-refractivity contribution is 0.0962. The Morgan fingerprint density at radius 1 is 1.00 bits per heavy atom. The maximum Gasteiger partial charge on any atom is 0.251 e. The number of aromatic nitrogens is 3. The van der Waals surface area contributed by atoms with Crippen molar-refractivity contribution in [1.82, 2.24) is 20.3 Å². The van der Waals surface area contributed by atoms with E-state index in [1.54, 1.807) is 55.7 Å². The number of carbonyl (C=O) groups is 2. The van der Waals surface area contributed by atoms with Gasteiger partial charge in [-0.3, -0.25) is 9.59 Å². The van der Waals surface area contributed by atoms with E-state index in [1.807, 2.05) is 12.1 Å². The summed E-state index contributed by atoms with van der Waals surface area (Å²) >= 11 is 5.90. The number of anilines is 2. The van der Waals surface area contributed by atoms with E-state index in [2.05, 4.69) is 25.6 Å². The van der Waals surface area contributed by atoms with Crippen molar-refractivity contribution in [2.45, 2.75) is 0 Å². The van der Waals surface area contributed by atoms with Crippen LogP contribution in [-0.4, -0.2) is 33.7 Å². The number of fused-ring (bicyclic) bond motifs is 1. The first kappa shape index (κ1) is 18.6. The molecule has 4 aromatic rings. The van der Waals surface area contributed by atoms with Gasteiger partial charge >= 0.3 is 0 Å². The van der Waals surface area contributed by atoms with Gasteiger partial charge in [0.15, 0.2) is 0 Å². The lowest BCUT2D eigenvalue weighted by Crippen LogP contribution is -2.17. The molecule has 29 heavy (non-hydrogen) atoms. The van der Waals surface area contributed by atoms with Crippen molar-refractivity contribution >= 4 is 45.8 Å². The Bertz CT molecular complexity index is 1220. The van der Waals surface area contributed by atoms with Crippen molar-refractivity contribution in [1.29, 1.82) is 0 Å². The summed E-state index contributed by atoms with van der Waals surface area (Å²) in [6.07, 6.45) is 1.72. The first-order valence-corrected chi connectivity index (χ1v) is 9.17. The van der Waals surface area contributed by atoms with E-state index < -0.39 is 0 Å². The van der Waals surface area contributed by atoms with Crippen molar-refractivity contribution in [3.63, 3.8) is 0 Å². The number of rotatable bonds is 5. The highest BCUT2D eigenvalue weighted by molar-refractivity contribution is 6.30. The molecular weight excluding hydrogens is 390 g/mol. The zero-order valence-electron chi connectivity index (χ0n) is 15.4. The highest BCUT2D eigenvalue weighted by Crippen LogP contribution is 2.25. The topological polar surface area (TPSA) is 99.8 Å². The van der Waals surface area contributed by atoms with E-state index in [-0.39, 0.29) is 17.5 Å². The molecule has 0 aliphatic carbocycles. The van der Waals surface area contributed by atoms with E-state index in [0.717, 1.165) is 5.39 Å². The lowest BCUT2D eigenvalue weighted by atomic mass is 10.1. The number of hydrogen-bond donors (Lipinski definition) is 3. The molecule has 0 radical (unpaired) electrons. The molecule has 0 bridgehead atoms. The van der Waals surface area contributed by atoms with Gasteiger partial charge in [-0.25, -0.2) is 9.97 Å². The highest BCUT2D eigenvalue weighted by Gasteiger charge is 2.17. The maximum atomic E-state index is 12.8. The fraction of sp³-hybridized carbons (Fsp3) is 0.0476. The van der Waals surface area contributed by atoms with Gasteiger partial charge in [0.2, 0.25) is 11.6 Å². The Morgan fingerprint density at radius 2 is 1.79 bits per heavy atom. The van der Waals surface area contributed by atoms with Crippen LogP contribution in [0.15, 0.2) is 60.8 Å². The SMILES string of the molecule is CNC(=O)c1cccc(Nc2nc(C(=O)c3ccc(Cl)cc3)nc3[nH]ccc23)c1. The van der Waals surface area contributed by atoms with Gasteiger partial charge in [0, 0.05) is 35.1 Å². The van der Waals surface area contributed by atoms with Gasteiger partial charge in [-0.2, -0.15) is 0 Å². The third-order valence-electron chi connectivity index (χ3n) is 4.34. The van der Waals surface area contributed by atoms with Crippen LogP contribution in [0.4, 0.5) is 11.5 Å². The molecule has 0 aliphatic rings. The summed E-state index contributed by atoms with van der Waals surface area (Å²) in [5.41, 5.74) is 2.14. The molecule has 0 atom stereocenters. The molecule has 0 saturated heterocycles. The summed E-state index contributed by atoms with van der Waals surface area (Å²) in [6.45, 7) is 0. The average Bonchev–Trinajstić information content (AvgIpc) is 3.22. The number of amides is 1. The fourth-order valence-electron chi connectivity index (χ4n) is 2.89. The standard InChI is InChI=1S/C21H16ClN5O2/c1-23-21(29)13-3-2-4-15(11-13)25-19-16-9-10-24-18(16)26-20(27-19)17(28)12-5-7-14(22)8-6-12/h2-11H,1H3,(H,23,29)(H2,24,25,26,27). The van der Waals surface area contributed by atoms with Gasteiger partial charge in [-0.1, -0.05) is 17.7 Å². The molecule has 2 heterocycles. The number of carbonyl (C=O) groups excluding carboxylic acids is 2. The molecule has 0 fully saturated rings. The Kier molecular flexibility index (Phi) is 4.97. The van der Waals surface area contributed by atoms with Crippen molar-refractivity contribution in [2.75, 3.05) is 12.4 Å². The van der Waals surface area contributed by atoms with Crippen LogP contribution in [0.5, 0.6) is 0 Å². The highest BCUT2D eigenvalue weighted by atomic mass is 35.5. The van der Waals surface area contributed by atoms with Crippen molar-refractivity contribution in [2.24, 2.45) is 0 Å². The molecule has 4 rings (SSSR count). The minimum absolute atomic E-state index is 0.0484. The number of halogens is 1. The Morgan fingerprint density at radius 3 is 2.55 bits per heavy atom. The average molecular weight is 406 g/mol. The predicted octanol–water partition coefficient (Wildman–Crippen LogP) is 3.95. The van der Waals surface area contributed by atoms with Crippen molar-refractivity contribution in [3.05, 3.63) is 82.8 Å². The quantitative estimate of drug-likeness (QED) is 0.436. The molecule has 0 unspecified atom stereocenters. The second kappa shape index (κ2) is 7.73. The normalized spacial score (nSPS) is 10.7. The summed E-state index contributed by atoms with van der Waals surface area (Å²) in [6, 6.07) is 15.4. The van der Waals surface area contributed by atoms with Crippen LogP contribution in [0.25, 0.3) is 11.0 Å². The zero-order valence-corrected chi connectivity index (χ0v) is 16.1. The van der Waals surface area contributed by atoms with E-state index in [9.17, 15) is 9.59 Å². The monoisotopic (exact) mass is 405 g/mol. The predicted molar refractivity (Wildman–Crippen MR) is 112 cm³/mol. The van der Waals surface area contributed by atoms with Gasteiger partial charge < -0.3 is 15.6 Å². The van der Waals surface area contributed by atoms with Crippen LogP contribution in [0.1, 0.15) is 26.5 Å². The third kappa shape index (κ3) is 3.81. The summed E-state index contributed by atoms with van der Waals surface area (Å²) in [5, 5.41) is 7.04. The van der Waals surface area contributed by atoms with E-state index in [1.165, 1.54) is 0 Å². The summed E-state index contributed by atoms with van der Waals surface area (Å²) < 4.78 is 0. The molecular formula is C21H16ClN5O2.